The van der Waals surface area contributed by atoms with E-state index >= 15 is 0 Å². The molecule has 1 heterocycles. The molecule has 5 nitrogen and oxygen atoms in total. The van der Waals surface area contributed by atoms with Crippen molar-refractivity contribution in [1.29, 1.82) is 0 Å². The van der Waals surface area contributed by atoms with Crippen molar-refractivity contribution in [3.63, 3.8) is 0 Å². The zero-order chi connectivity index (χ0) is 22.7. The number of halogens is 1. The Balaban J connectivity index is 1.68. The fourth-order valence-corrected chi connectivity index (χ4v) is 3.85. The average molecular weight is 444 g/mol. The van der Waals surface area contributed by atoms with Gasteiger partial charge in [-0.05, 0) is 35.9 Å². The molecule has 0 unspecified atom stereocenters. The van der Waals surface area contributed by atoms with Gasteiger partial charge in [-0.1, -0.05) is 60.1 Å². The number of aromatic nitrogens is 1. The van der Waals surface area contributed by atoms with Gasteiger partial charge in [0.15, 0.2) is 0 Å². The van der Waals surface area contributed by atoms with Gasteiger partial charge in [-0.3, -0.25) is 9.59 Å². The Bertz CT molecular complexity index is 1300. The number of hydrogen-bond acceptors (Lipinski definition) is 3. The van der Waals surface area contributed by atoms with Crippen molar-refractivity contribution < 1.29 is 9.59 Å². The number of nitrogens with one attached hydrogen (secondary N) is 1. The minimum atomic E-state index is -0.142. The summed E-state index contributed by atoms with van der Waals surface area (Å²) >= 11 is 6.39. The minimum Gasteiger partial charge on any atom is -0.355 e. The summed E-state index contributed by atoms with van der Waals surface area (Å²) in [5.41, 5.74) is 4.24. The molecule has 0 saturated carbocycles. The maximum atomic E-state index is 13.5. The number of fused-ring (bicyclic) bond motifs is 1. The summed E-state index contributed by atoms with van der Waals surface area (Å²) in [6.45, 7) is 0.408. The third kappa shape index (κ3) is 4.34. The maximum absolute atomic E-state index is 13.5. The molecule has 0 spiro atoms. The number of benzene rings is 3. The molecule has 2 amide bonds. The molecule has 0 aliphatic carbocycles. The zero-order valence-corrected chi connectivity index (χ0v) is 18.6. The predicted molar refractivity (Wildman–Crippen MR) is 128 cm³/mol. The summed E-state index contributed by atoms with van der Waals surface area (Å²) in [7, 11) is 3.36. The van der Waals surface area contributed by atoms with Crippen molar-refractivity contribution in [2.45, 2.75) is 6.54 Å². The number of amides is 2. The summed E-state index contributed by atoms with van der Waals surface area (Å²) in [4.78, 5) is 31.6. The van der Waals surface area contributed by atoms with Crippen LogP contribution < -0.4 is 5.32 Å². The molecule has 6 heteroatoms. The molecule has 0 aliphatic heterocycles. The lowest BCUT2D eigenvalue weighted by Crippen LogP contribution is -2.26. The van der Waals surface area contributed by atoms with Gasteiger partial charge in [0.25, 0.3) is 11.8 Å². The van der Waals surface area contributed by atoms with Crippen molar-refractivity contribution in [3.8, 4) is 11.3 Å². The summed E-state index contributed by atoms with van der Waals surface area (Å²) in [6, 6.07) is 24.1. The smallest absolute Gasteiger partial charge is 0.254 e. The van der Waals surface area contributed by atoms with Crippen LogP contribution in [-0.4, -0.2) is 35.8 Å². The van der Waals surface area contributed by atoms with E-state index in [1.54, 1.807) is 37.2 Å². The van der Waals surface area contributed by atoms with Crippen molar-refractivity contribution in [2.75, 3.05) is 14.1 Å². The number of pyridine rings is 1. The molecule has 0 atom stereocenters. The van der Waals surface area contributed by atoms with Crippen LogP contribution in [0.4, 0.5) is 0 Å². The Morgan fingerprint density at radius 3 is 2.38 bits per heavy atom. The Hall–Kier alpha value is -3.70. The monoisotopic (exact) mass is 443 g/mol. The average Bonchev–Trinajstić information content (AvgIpc) is 2.83. The van der Waals surface area contributed by atoms with Crippen molar-refractivity contribution >= 4 is 34.3 Å². The minimum absolute atomic E-state index is 0.118. The second-order valence-corrected chi connectivity index (χ2v) is 7.90. The van der Waals surface area contributed by atoms with Crippen LogP contribution in [0.25, 0.3) is 22.2 Å². The fourth-order valence-electron chi connectivity index (χ4n) is 3.62. The van der Waals surface area contributed by atoms with Crippen LogP contribution >= 0.6 is 11.6 Å². The van der Waals surface area contributed by atoms with Gasteiger partial charge >= 0.3 is 0 Å². The number of carbonyl (C=O) groups excluding carboxylic acids is 2. The molecule has 160 valence electrons. The standard InChI is InChI=1S/C26H22ClN3O2/c1-28-25(31)18-13-11-17(12-14-18)16-30(2)26(32)21-15-24(20-8-3-5-9-22(20)27)29-23-10-6-4-7-19(21)23/h3-15H,16H2,1-2H3,(H,28,31). The van der Waals surface area contributed by atoms with Gasteiger partial charge in [0, 0.05) is 42.2 Å². The van der Waals surface area contributed by atoms with Crippen molar-refractivity contribution in [2.24, 2.45) is 0 Å². The summed E-state index contributed by atoms with van der Waals surface area (Å²) in [5, 5.41) is 3.97. The van der Waals surface area contributed by atoms with E-state index in [1.165, 1.54) is 0 Å². The van der Waals surface area contributed by atoms with Gasteiger partial charge in [-0.15, -0.1) is 0 Å². The SMILES string of the molecule is CNC(=O)c1ccc(CN(C)C(=O)c2cc(-c3ccccc3Cl)nc3ccccc23)cc1. The summed E-state index contributed by atoms with van der Waals surface area (Å²) in [5.74, 6) is -0.261. The number of hydrogen-bond donors (Lipinski definition) is 1. The van der Waals surface area contributed by atoms with Crippen LogP contribution in [0, 0.1) is 0 Å². The molecule has 1 aromatic heterocycles. The topological polar surface area (TPSA) is 62.3 Å². The molecule has 3 aromatic carbocycles. The van der Waals surface area contributed by atoms with E-state index in [-0.39, 0.29) is 11.8 Å². The van der Waals surface area contributed by atoms with Gasteiger partial charge in [-0.2, -0.15) is 0 Å². The Kier molecular flexibility index (Phi) is 6.19. The van der Waals surface area contributed by atoms with E-state index in [0.29, 0.717) is 28.4 Å². The van der Waals surface area contributed by atoms with Gasteiger partial charge in [0.1, 0.15) is 0 Å². The molecule has 4 aromatic rings. The third-order valence-corrected chi connectivity index (χ3v) is 5.64. The highest BCUT2D eigenvalue weighted by Crippen LogP contribution is 2.30. The largest absolute Gasteiger partial charge is 0.355 e. The van der Waals surface area contributed by atoms with E-state index in [1.807, 2.05) is 60.7 Å². The molecular weight excluding hydrogens is 422 g/mol. The van der Waals surface area contributed by atoms with Crippen LogP contribution in [-0.2, 0) is 6.54 Å². The van der Waals surface area contributed by atoms with Gasteiger partial charge < -0.3 is 10.2 Å². The lowest BCUT2D eigenvalue weighted by Gasteiger charge is -2.19. The van der Waals surface area contributed by atoms with Crippen molar-refractivity contribution in [3.05, 3.63) is 101 Å². The normalized spacial score (nSPS) is 10.7. The van der Waals surface area contributed by atoms with Crippen molar-refractivity contribution in [1.82, 2.24) is 15.2 Å². The Morgan fingerprint density at radius 2 is 1.66 bits per heavy atom. The molecule has 4 rings (SSSR count). The maximum Gasteiger partial charge on any atom is 0.254 e. The fraction of sp³-hybridized carbons (Fsp3) is 0.115. The highest BCUT2D eigenvalue weighted by Gasteiger charge is 2.18. The van der Waals surface area contributed by atoms with Crippen LogP contribution in [0.15, 0.2) is 78.9 Å². The van der Waals surface area contributed by atoms with Gasteiger partial charge in [0.05, 0.1) is 16.8 Å². The van der Waals surface area contributed by atoms with E-state index in [9.17, 15) is 9.59 Å². The molecule has 1 N–H and O–H groups in total. The zero-order valence-electron chi connectivity index (χ0n) is 17.8. The molecule has 0 fully saturated rings. The highest BCUT2D eigenvalue weighted by atomic mass is 35.5. The van der Waals surface area contributed by atoms with Gasteiger partial charge in [0.2, 0.25) is 0 Å². The molecule has 0 aliphatic rings. The number of nitrogens with zero attached hydrogens (tertiary/aromatic N) is 2. The number of carbonyl (C=O) groups is 2. The highest BCUT2D eigenvalue weighted by molar-refractivity contribution is 6.33. The molecular formula is C26H22ClN3O2. The molecule has 32 heavy (non-hydrogen) atoms. The van der Waals surface area contributed by atoms with E-state index < -0.39 is 0 Å². The first-order chi connectivity index (χ1) is 15.5. The lowest BCUT2D eigenvalue weighted by atomic mass is 10.0. The molecule has 0 radical (unpaired) electrons. The number of rotatable bonds is 5. The molecule has 0 bridgehead atoms. The molecule has 0 saturated heterocycles. The second-order valence-electron chi connectivity index (χ2n) is 7.49. The first kappa shape index (κ1) is 21.5. The van der Waals surface area contributed by atoms with E-state index in [2.05, 4.69) is 5.32 Å². The quantitative estimate of drug-likeness (QED) is 0.462. The number of para-hydroxylation sites is 1. The van der Waals surface area contributed by atoms with Gasteiger partial charge in [-0.25, -0.2) is 4.98 Å². The van der Waals surface area contributed by atoms with Crippen LogP contribution in [0.3, 0.4) is 0 Å². The summed E-state index contributed by atoms with van der Waals surface area (Å²) in [6.07, 6.45) is 0. The van der Waals surface area contributed by atoms with E-state index in [0.717, 1.165) is 22.0 Å². The summed E-state index contributed by atoms with van der Waals surface area (Å²) < 4.78 is 0. The third-order valence-electron chi connectivity index (χ3n) is 5.31. The second kappa shape index (κ2) is 9.20. The van der Waals surface area contributed by atoms with Crippen LogP contribution in [0.1, 0.15) is 26.3 Å². The first-order valence-corrected chi connectivity index (χ1v) is 10.6. The predicted octanol–water partition coefficient (Wildman–Crippen LogP) is 5.19. The Morgan fingerprint density at radius 1 is 0.969 bits per heavy atom. The first-order valence-electron chi connectivity index (χ1n) is 10.2. The van der Waals surface area contributed by atoms with Crippen LogP contribution in [0.5, 0.6) is 0 Å². The van der Waals surface area contributed by atoms with Crippen LogP contribution in [0.2, 0.25) is 5.02 Å². The van der Waals surface area contributed by atoms with E-state index in [4.69, 9.17) is 16.6 Å². The Labute approximate surface area is 191 Å². The lowest BCUT2D eigenvalue weighted by molar-refractivity contribution is 0.0786.